The van der Waals surface area contributed by atoms with Crippen LogP contribution in [0.25, 0.3) is 0 Å². The zero-order chi connectivity index (χ0) is 17.3. The number of carbonyl (C=O) groups excluding carboxylic acids is 1. The summed E-state index contributed by atoms with van der Waals surface area (Å²) in [5, 5.41) is -0.132. The number of rotatable bonds is 6. The molecule has 1 amide bonds. The molecule has 24 heavy (non-hydrogen) atoms. The Bertz CT molecular complexity index is 812. The molecule has 1 aliphatic rings. The number of likely N-dealkylation sites (tertiary alicyclic amines) is 1. The molecule has 0 aliphatic carbocycles. The van der Waals surface area contributed by atoms with Crippen LogP contribution in [0.2, 0.25) is 0 Å². The highest BCUT2D eigenvalue weighted by Crippen LogP contribution is 2.36. The Morgan fingerprint density at radius 1 is 1.46 bits per heavy atom. The lowest BCUT2D eigenvalue weighted by Crippen LogP contribution is -2.35. The van der Waals surface area contributed by atoms with Gasteiger partial charge in [-0.05, 0) is 19.1 Å². The van der Waals surface area contributed by atoms with Crippen LogP contribution in [0.3, 0.4) is 0 Å². The fourth-order valence-corrected chi connectivity index (χ4v) is 4.15. The number of hydrogen-bond acceptors (Lipinski definition) is 5. The second-order valence-electron chi connectivity index (χ2n) is 5.77. The lowest BCUT2D eigenvalue weighted by atomic mass is 10.00. The van der Waals surface area contributed by atoms with Crippen molar-refractivity contribution < 1.29 is 17.6 Å². The number of imidazole rings is 1. The number of carbonyl (C=O) groups is 1. The minimum absolute atomic E-state index is 0.00713. The zero-order valence-corrected chi connectivity index (χ0v) is 14.4. The van der Waals surface area contributed by atoms with Gasteiger partial charge in [-0.2, -0.15) is 0 Å². The highest BCUT2D eigenvalue weighted by atomic mass is 32.2. The fraction of sp³-hybridized carbons (Fsp3) is 0.467. The molecule has 0 spiro atoms. The highest BCUT2D eigenvalue weighted by Gasteiger charge is 2.42. The molecule has 0 bridgehead atoms. The van der Waals surface area contributed by atoms with E-state index in [0.717, 1.165) is 5.82 Å². The van der Waals surface area contributed by atoms with E-state index in [1.165, 1.54) is 18.4 Å². The van der Waals surface area contributed by atoms with Gasteiger partial charge >= 0.3 is 0 Å². The molecule has 130 valence electrons. The molecule has 2 aromatic rings. The van der Waals surface area contributed by atoms with E-state index < -0.39 is 10.0 Å². The smallest absolute Gasteiger partial charge is 0.273 e. The van der Waals surface area contributed by atoms with E-state index in [2.05, 4.69) is 9.71 Å². The average Bonchev–Trinajstić information content (AvgIpc) is 3.25. The first-order chi connectivity index (χ1) is 11.4. The highest BCUT2D eigenvalue weighted by molar-refractivity contribution is 7.89. The molecule has 3 heterocycles. The van der Waals surface area contributed by atoms with E-state index in [1.807, 2.05) is 24.7 Å². The molecule has 2 atom stereocenters. The van der Waals surface area contributed by atoms with Gasteiger partial charge in [0.2, 0.25) is 11.0 Å². The largest absolute Gasteiger partial charge is 0.452 e. The molecular weight excluding hydrogens is 332 g/mol. The normalized spacial score (nSPS) is 21.6. The third-order valence-electron chi connectivity index (χ3n) is 4.30. The summed E-state index contributed by atoms with van der Waals surface area (Å²) in [4.78, 5) is 18.4. The summed E-state index contributed by atoms with van der Waals surface area (Å²) in [6.45, 7) is 2.60. The van der Waals surface area contributed by atoms with Crippen molar-refractivity contribution in [3.05, 3.63) is 36.6 Å². The van der Waals surface area contributed by atoms with Crippen LogP contribution >= 0.6 is 0 Å². The molecule has 9 heteroatoms. The van der Waals surface area contributed by atoms with Gasteiger partial charge in [0.1, 0.15) is 5.82 Å². The molecule has 0 radical (unpaired) electrons. The van der Waals surface area contributed by atoms with E-state index in [9.17, 15) is 13.2 Å². The Labute approximate surface area is 140 Å². The molecule has 1 fully saturated rings. The number of nitrogens with one attached hydrogen (secondary N) is 1. The fourth-order valence-electron chi connectivity index (χ4n) is 3.14. The van der Waals surface area contributed by atoms with Gasteiger partial charge in [0, 0.05) is 44.9 Å². The maximum Gasteiger partial charge on any atom is 0.273 e. The topological polar surface area (TPSA) is 97.4 Å². The number of aryl methyl sites for hydroxylation is 1. The minimum atomic E-state index is -3.72. The molecular formula is C15H20N4O4S. The summed E-state index contributed by atoms with van der Waals surface area (Å²) >= 11 is 0. The molecule has 3 rings (SSSR count). The van der Waals surface area contributed by atoms with E-state index in [0.29, 0.717) is 6.54 Å². The van der Waals surface area contributed by atoms with Gasteiger partial charge in [0.25, 0.3) is 10.0 Å². The van der Waals surface area contributed by atoms with Crippen LogP contribution in [0.5, 0.6) is 0 Å². The van der Waals surface area contributed by atoms with E-state index >= 15 is 0 Å². The molecule has 8 nitrogen and oxygen atoms in total. The van der Waals surface area contributed by atoms with Crippen molar-refractivity contribution in [2.24, 2.45) is 13.0 Å². The van der Waals surface area contributed by atoms with Crippen molar-refractivity contribution in [1.82, 2.24) is 19.2 Å². The van der Waals surface area contributed by atoms with Crippen LogP contribution in [0.1, 0.15) is 25.2 Å². The van der Waals surface area contributed by atoms with Crippen LogP contribution in [-0.4, -0.2) is 41.9 Å². The molecule has 1 aliphatic heterocycles. The van der Waals surface area contributed by atoms with E-state index in [-0.39, 0.29) is 35.9 Å². The zero-order valence-electron chi connectivity index (χ0n) is 13.5. The Balaban J connectivity index is 1.81. The predicted molar refractivity (Wildman–Crippen MR) is 85.3 cm³/mol. The van der Waals surface area contributed by atoms with Crippen LogP contribution in [0.4, 0.5) is 0 Å². The molecule has 2 aromatic heterocycles. The number of sulfonamides is 1. The Hall–Kier alpha value is -2.13. The van der Waals surface area contributed by atoms with Gasteiger partial charge in [-0.25, -0.2) is 18.1 Å². The van der Waals surface area contributed by atoms with Gasteiger partial charge in [0.15, 0.2) is 0 Å². The minimum Gasteiger partial charge on any atom is -0.452 e. The average molecular weight is 352 g/mol. The first-order valence-electron chi connectivity index (χ1n) is 7.74. The first-order valence-corrected chi connectivity index (χ1v) is 9.22. The summed E-state index contributed by atoms with van der Waals surface area (Å²) in [5.74, 6) is 0.570. The first kappa shape index (κ1) is 16.7. The van der Waals surface area contributed by atoms with E-state index in [4.69, 9.17) is 4.42 Å². The van der Waals surface area contributed by atoms with Gasteiger partial charge in [-0.15, -0.1) is 0 Å². The maximum atomic E-state index is 12.3. The number of nitrogens with zero attached hydrogens (tertiary/aromatic N) is 3. The SMILES string of the molecule is CCN1C(=O)C[C@@H](CNS(=O)(=O)c2ccco2)[C@@H]1c1nccn1C. The Morgan fingerprint density at radius 2 is 2.25 bits per heavy atom. The Kier molecular flexibility index (Phi) is 4.46. The summed E-state index contributed by atoms with van der Waals surface area (Å²) in [6.07, 6.45) is 5.08. The summed E-state index contributed by atoms with van der Waals surface area (Å²) in [5.41, 5.74) is 0. The monoisotopic (exact) mass is 352 g/mol. The van der Waals surface area contributed by atoms with Crippen LogP contribution in [-0.2, 0) is 21.9 Å². The van der Waals surface area contributed by atoms with Crippen LogP contribution < -0.4 is 4.72 Å². The lowest BCUT2D eigenvalue weighted by molar-refractivity contribution is -0.128. The second-order valence-corrected chi connectivity index (χ2v) is 7.47. The molecule has 0 aromatic carbocycles. The van der Waals surface area contributed by atoms with Gasteiger partial charge in [-0.1, -0.05) is 0 Å². The van der Waals surface area contributed by atoms with Gasteiger partial charge < -0.3 is 13.9 Å². The number of aromatic nitrogens is 2. The van der Waals surface area contributed by atoms with Crippen molar-refractivity contribution in [2.45, 2.75) is 24.5 Å². The molecule has 1 N–H and O–H groups in total. The summed E-state index contributed by atoms with van der Waals surface area (Å²) < 4.78 is 33.8. The van der Waals surface area contributed by atoms with E-state index in [1.54, 1.807) is 11.1 Å². The molecule has 0 saturated carbocycles. The van der Waals surface area contributed by atoms with Gasteiger partial charge in [-0.3, -0.25) is 4.79 Å². The molecule has 0 unspecified atom stereocenters. The third-order valence-corrected chi connectivity index (χ3v) is 5.61. The number of hydrogen-bond donors (Lipinski definition) is 1. The van der Waals surface area contributed by atoms with Crippen LogP contribution in [0, 0.1) is 5.92 Å². The quantitative estimate of drug-likeness (QED) is 0.833. The van der Waals surface area contributed by atoms with Gasteiger partial charge in [0.05, 0.1) is 12.3 Å². The summed E-state index contributed by atoms with van der Waals surface area (Å²) in [6, 6.07) is 2.65. The van der Waals surface area contributed by atoms with Crippen molar-refractivity contribution >= 4 is 15.9 Å². The standard InChI is InChI=1S/C15H20N4O4S/c1-3-19-12(20)9-11(14(19)15-16-6-7-18(15)2)10-17-24(21,22)13-5-4-8-23-13/h4-8,11,14,17H,3,9-10H2,1-2H3/t11-,14+/m0/s1. The van der Waals surface area contributed by atoms with Crippen molar-refractivity contribution in [1.29, 1.82) is 0 Å². The summed E-state index contributed by atoms with van der Waals surface area (Å²) in [7, 11) is -1.86. The lowest BCUT2D eigenvalue weighted by Gasteiger charge is -2.26. The maximum absolute atomic E-state index is 12.3. The van der Waals surface area contributed by atoms with Crippen LogP contribution in [0.15, 0.2) is 40.3 Å². The Morgan fingerprint density at radius 3 is 2.83 bits per heavy atom. The van der Waals surface area contributed by atoms with Crippen molar-refractivity contribution in [2.75, 3.05) is 13.1 Å². The number of amides is 1. The predicted octanol–water partition coefficient (Wildman–Crippen LogP) is 0.901. The van der Waals surface area contributed by atoms with Crippen molar-refractivity contribution in [3.8, 4) is 0 Å². The van der Waals surface area contributed by atoms with Crippen molar-refractivity contribution in [3.63, 3.8) is 0 Å². The third kappa shape index (κ3) is 2.96. The number of furan rings is 1. The molecule has 1 saturated heterocycles. The second kappa shape index (κ2) is 6.40.